The first-order valence-electron chi connectivity index (χ1n) is 5.24. The highest BCUT2D eigenvalue weighted by atomic mass is 16.5. The molecule has 0 atom stereocenters. The fourth-order valence-corrected chi connectivity index (χ4v) is 0.737. The Morgan fingerprint density at radius 1 is 0.889 bits per heavy atom. The SMILES string of the molecule is C=CC(=O)OCCC#CC#CCCOC(=O)C=C. The topological polar surface area (TPSA) is 52.6 Å². The van der Waals surface area contributed by atoms with Crippen LogP contribution in [0.1, 0.15) is 12.8 Å². The summed E-state index contributed by atoms with van der Waals surface area (Å²) in [6, 6.07) is 0. The molecule has 0 aliphatic carbocycles. The Morgan fingerprint density at radius 3 is 1.61 bits per heavy atom. The van der Waals surface area contributed by atoms with Crippen LogP contribution < -0.4 is 0 Å². The summed E-state index contributed by atoms with van der Waals surface area (Å²) in [5.41, 5.74) is 0. The van der Waals surface area contributed by atoms with Gasteiger partial charge in [0.1, 0.15) is 13.2 Å². The predicted molar refractivity (Wildman–Crippen MR) is 67.1 cm³/mol. The molecular formula is C14H14O4. The first kappa shape index (κ1) is 15.5. The first-order chi connectivity index (χ1) is 8.70. The van der Waals surface area contributed by atoms with Crippen LogP contribution >= 0.6 is 0 Å². The highest BCUT2D eigenvalue weighted by molar-refractivity contribution is 5.81. The molecule has 0 aromatic carbocycles. The Hall–Kier alpha value is -2.46. The summed E-state index contributed by atoms with van der Waals surface area (Å²) < 4.78 is 9.40. The Kier molecular flexibility index (Phi) is 9.53. The van der Waals surface area contributed by atoms with Crippen LogP contribution in [0.25, 0.3) is 0 Å². The molecule has 0 spiro atoms. The summed E-state index contributed by atoms with van der Waals surface area (Å²) in [7, 11) is 0. The van der Waals surface area contributed by atoms with Gasteiger partial charge in [0.2, 0.25) is 0 Å². The van der Waals surface area contributed by atoms with E-state index in [0.29, 0.717) is 12.8 Å². The molecule has 0 bridgehead atoms. The number of ether oxygens (including phenoxy) is 2. The molecule has 0 aromatic rings. The Bertz CT molecular complexity index is 384. The minimum atomic E-state index is -0.466. The fraction of sp³-hybridized carbons (Fsp3) is 0.286. The van der Waals surface area contributed by atoms with Crippen LogP contribution in [-0.4, -0.2) is 25.2 Å². The molecule has 18 heavy (non-hydrogen) atoms. The van der Waals surface area contributed by atoms with Gasteiger partial charge in [0, 0.05) is 25.0 Å². The predicted octanol–water partition coefficient (Wildman–Crippen LogP) is 1.23. The molecule has 0 unspecified atom stereocenters. The molecule has 0 N–H and O–H groups in total. The van der Waals surface area contributed by atoms with Gasteiger partial charge >= 0.3 is 11.9 Å². The number of carbonyl (C=O) groups excluding carboxylic acids is 2. The minimum Gasteiger partial charge on any atom is -0.462 e. The van der Waals surface area contributed by atoms with Gasteiger partial charge in [0.05, 0.1) is 0 Å². The van der Waals surface area contributed by atoms with E-state index in [0.717, 1.165) is 12.2 Å². The summed E-state index contributed by atoms with van der Waals surface area (Å²) in [6.07, 6.45) is 3.02. The van der Waals surface area contributed by atoms with Crippen molar-refractivity contribution in [1.82, 2.24) is 0 Å². The maximum absolute atomic E-state index is 10.6. The van der Waals surface area contributed by atoms with Crippen molar-refractivity contribution in [2.24, 2.45) is 0 Å². The highest BCUT2D eigenvalue weighted by Crippen LogP contribution is 1.84. The molecule has 0 heterocycles. The van der Waals surface area contributed by atoms with Gasteiger partial charge in [0.15, 0.2) is 0 Å². The lowest BCUT2D eigenvalue weighted by Gasteiger charge is -1.95. The Morgan fingerprint density at radius 2 is 1.28 bits per heavy atom. The third kappa shape index (κ3) is 10.1. The van der Waals surface area contributed by atoms with Crippen LogP contribution in [0.3, 0.4) is 0 Å². The van der Waals surface area contributed by atoms with Crippen molar-refractivity contribution in [2.45, 2.75) is 12.8 Å². The van der Waals surface area contributed by atoms with E-state index in [9.17, 15) is 9.59 Å². The number of hydrogen-bond donors (Lipinski definition) is 0. The molecule has 0 radical (unpaired) electrons. The van der Waals surface area contributed by atoms with Gasteiger partial charge in [-0.1, -0.05) is 25.0 Å². The molecule has 0 saturated heterocycles. The van der Waals surface area contributed by atoms with Crippen molar-refractivity contribution in [3.8, 4) is 23.7 Å². The third-order valence-corrected chi connectivity index (χ3v) is 1.52. The smallest absolute Gasteiger partial charge is 0.330 e. The van der Waals surface area contributed by atoms with Crippen LogP contribution in [0.4, 0.5) is 0 Å². The second-order valence-electron chi connectivity index (χ2n) is 2.85. The molecule has 0 rings (SSSR count). The summed E-state index contributed by atoms with van der Waals surface area (Å²) in [5.74, 6) is 9.68. The van der Waals surface area contributed by atoms with Gasteiger partial charge < -0.3 is 9.47 Å². The molecule has 94 valence electrons. The van der Waals surface area contributed by atoms with Gasteiger partial charge in [-0.3, -0.25) is 0 Å². The summed E-state index contributed by atoms with van der Waals surface area (Å²) in [6.45, 7) is 6.96. The zero-order valence-electron chi connectivity index (χ0n) is 10.0. The van der Waals surface area contributed by atoms with Crippen LogP contribution in [0.2, 0.25) is 0 Å². The van der Waals surface area contributed by atoms with E-state index in [1.807, 2.05) is 0 Å². The van der Waals surface area contributed by atoms with E-state index < -0.39 is 11.9 Å². The zero-order chi connectivity index (χ0) is 13.6. The molecule has 0 aliphatic heterocycles. The van der Waals surface area contributed by atoms with Crippen molar-refractivity contribution in [3.05, 3.63) is 25.3 Å². The Labute approximate surface area is 107 Å². The third-order valence-electron chi connectivity index (χ3n) is 1.52. The average Bonchev–Trinajstić information content (AvgIpc) is 2.40. The zero-order valence-corrected chi connectivity index (χ0v) is 10.0. The van der Waals surface area contributed by atoms with Crippen molar-refractivity contribution in [3.63, 3.8) is 0 Å². The van der Waals surface area contributed by atoms with Crippen molar-refractivity contribution in [2.75, 3.05) is 13.2 Å². The molecule has 0 aliphatic rings. The number of esters is 2. The molecule has 4 heteroatoms. The first-order valence-corrected chi connectivity index (χ1v) is 5.24. The van der Waals surface area contributed by atoms with E-state index in [1.54, 1.807) is 0 Å². The number of carbonyl (C=O) groups is 2. The van der Waals surface area contributed by atoms with Gasteiger partial charge in [-0.2, -0.15) is 0 Å². The van der Waals surface area contributed by atoms with Gasteiger partial charge in [0.25, 0.3) is 0 Å². The van der Waals surface area contributed by atoms with Crippen LogP contribution in [0, 0.1) is 23.7 Å². The van der Waals surface area contributed by atoms with Crippen molar-refractivity contribution >= 4 is 11.9 Å². The molecule has 0 saturated carbocycles. The minimum absolute atomic E-state index is 0.219. The van der Waals surface area contributed by atoms with E-state index in [2.05, 4.69) is 36.8 Å². The average molecular weight is 246 g/mol. The largest absolute Gasteiger partial charge is 0.462 e. The maximum atomic E-state index is 10.6. The van der Waals surface area contributed by atoms with E-state index >= 15 is 0 Å². The molecular weight excluding hydrogens is 232 g/mol. The van der Waals surface area contributed by atoms with Gasteiger partial charge in [-0.25, -0.2) is 9.59 Å². The summed E-state index contributed by atoms with van der Waals surface area (Å²) >= 11 is 0. The van der Waals surface area contributed by atoms with Crippen molar-refractivity contribution in [1.29, 1.82) is 0 Å². The lowest BCUT2D eigenvalue weighted by Crippen LogP contribution is -2.00. The number of rotatable bonds is 6. The van der Waals surface area contributed by atoms with Crippen molar-refractivity contribution < 1.29 is 19.1 Å². The lowest BCUT2D eigenvalue weighted by atomic mass is 10.4. The monoisotopic (exact) mass is 246 g/mol. The normalized spacial score (nSPS) is 7.78. The van der Waals surface area contributed by atoms with E-state index in [-0.39, 0.29) is 13.2 Å². The Balaban J connectivity index is 3.59. The number of hydrogen-bond acceptors (Lipinski definition) is 4. The highest BCUT2D eigenvalue weighted by Gasteiger charge is 1.92. The standard InChI is InChI=1S/C14H14O4/c1-3-13(15)17-11-9-7-5-6-8-10-12-18-14(16)4-2/h3-4H,1-2,9-12H2. The lowest BCUT2D eigenvalue weighted by molar-refractivity contribution is -0.138. The van der Waals surface area contributed by atoms with E-state index in [1.165, 1.54) is 0 Å². The van der Waals surface area contributed by atoms with Crippen LogP contribution in [-0.2, 0) is 19.1 Å². The second kappa shape index (κ2) is 11.0. The maximum Gasteiger partial charge on any atom is 0.330 e. The quantitative estimate of drug-likeness (QED) is 0.306. The fourth-order valence-electron chi connectivity index (χ4n) is 0.737. The summed E-state index contributed by atoms with van der Waals surface area (Å²) in [4.78, 5) is 21.3. The second-order valence-corrected chi connectivity index (χ2v) is 2.85. The van der Waals surface area contributed by atoms with Crippen LogP contribution in [0.15, 0.2) is 25.3 Å². The molecule has 0 aromatic heterocycles. The van der Waals surface area contributed by atoms with E-state index in [4.69, 9.17) is 9.47 Å². The van der Waals surface area contributed by atoms with Gasteiger partial charge in [-0.15, -0.1) is 0 Å². The molecule has 0 amide bonds. The van der Waals surface area contributed by atoms with Crippen LogP contribution in [0.5, 0.6) is 0 Å². The molecule has 4 nitrogen and oxygen atoms in total. The summed E-state index contributed by atoms with van der Waals surface area (Å²) in [5, 5.41) is 0. The van der Waals surface area contributed by atoms with Gasteiger partial charge in [-0.05, 0) is 11.8 Å². The molecule has 0 fully saturated rings.